The fraction of sp³-hybridized carbons (Fsp3) is 0.789. The number of aryl methyl sites for hydroxylation is 1. The predicted octanol–water partition coefficient (Wildman–Crippen LogP) is 2.35. The first-order valence-corrected chi connectivity index (χ1v) is 9.59. The first kappa shape index (κ1) is 18.4. The minimum absolute atomic E-state index is 0.0927. The second-order valence-corrected chi connectivity index (χ2v) is 8.00. The van der Waals surface area contributed by atoms with E-state index in [1.807, 2.05) is 29.8 Å². The lowest BCUT2D eigenvalue weighted by Gasteiger charge is -2.41. The van der Waals surface area contributed by atoms with Crippen molar-refractivity contribution < 1.29 is 14.4 Å². The molecule has 2 aliphatic rings. The van der Waals surface area contributed by atoms with Crippen LogP contribution in [0, 0.1) is 12.8 Å². The summed E-state index contributed by atoms with van der Waals surface area (Å²) in [6.07, 6.45) is 7.70. The third-order valence-corrected chi connectivity index (χ3v) is 5.54. The normalized spacial score (nSPS) is 25.8. The molecule has 1 aliphatic carbocycles. The summed E-state index contributed by atoms with van der Waals surface area (Å²) < 4.78 is 5.24. The van der Waals surface area contributed by atoms with E-state index < -0.39 is 5.60 Å². The Morgan fingerprint density at radius 2 is 2.12 bits per heavy atom. The van der Waals surface area contributed by atoms with Crippen molar-refractivity contribution in [3.05, 3.63) is 17.5 Å². The highest BCUT2D eigenvalue weighted by atomic mass is 16.5. The smallest absolute Gasteiger partial charge is 0.255 e. The van der Waals surface area contributed by atoms with Gasteiger partial charge in [-0.3, -0.25) is 9.69 Å². The van der Waals surface area contributed by atoms with Crippen molar-refractivity contribution in [2.24, 2.45) is 5.92 Å². The fourth-order valence-corrected chi connectivity index (χ4v) is 4.33. The third-order valence-electron chi connectivity index (χ3n) is 5.54. The summed E-state index contributed by atoms with van der Waals surface area (Å²) in [7, 11) is 1.91. The van der Waals surface area contributed by atoms with Crippen LogP contribution in [0.25, 0.3) is 0 Å². The molecule has 1 N–H and O–H groups in total. The van der Waals surface area contributed by atoms with E-state index in [1.165, 1.54) is 32.1 Å². The number of hydrogen-bond acceptors (Lipinski definition) is 5. The summed E-state index contributed by atoms with van der Waals surface area (Å²) in [5.41, 5.74) is -0.439. The third kappa shape index (κ3) is 4.61. The molecule has 0 bridgehead atoms. The van der Waals surface area contributed by atoms with Crippen molar-refractivity contribution >= 4 is 5.91 Å². The standard InChI is InChI=1S/C19H31N3O3/c1-15-11-17(25-20-15)13-21(2)14-19(24)9-6-10-22(18(19)23)12-16-7-4-3-5-8-16/h11,16,24H,3-10,12-14H2,1-2H3. The largest absolute Gasteiger partial charge is 0.379 e. The minimum Gasteiger partial charge on any atom is -0.379 e. The molecule has 6 heteroatoms. The van der Waals surface area contributed by atoms with Crippen LogP contribution >= 0.6 is 0 Å². The topological polar surface area (TPSA) is 69.8 Å². The Labute approximate surface area is 150 Å². The Morgan fingerprint density at radius 1 is 1.36 bits per heavy atom. The average Bonchev–Trinajstić information content (AvgIpc) is 2.97. The van der Waals surface area contributed by atoms with E-state index in [2.05, 4.69) is 5.16 Å². The minimum atomic E-state index is -1.28. The molecule has 0 aromatic carbocycles. The van der Waals surface area contributed by atoms with Crippen LogP contribution in [-0.4, -0.2) is 58.3 Å². The van der Waals surface area contributed by atoms with Gasteiger partial charge in [0.25, 0.3) is 5.91 Å². The molecular formula is C19H31N3O3. The number of aromatic nitrogens is 1. The number of rotatable bonds is 6. The van der Waals surface area contributed by atoms with Crippen LogP contribution in [0.5, 0.6) is 0 Å². The van der Waals surface area contributed by atoms with Gasteiger partial charge >= 0.3 is 0 Å². The molecule has 0 spiro atoms. The molecular weight excluding hydrogens is 318 g/mol. The van der Waals surface area contributed by atoms with Gasteiger partial charge in [-0.15, -0.1) is 0 Å². The number of likely N-dealkylation sites (N-methyl/N-ethyl adjacent to an activating group) is 1. The van der Waals surface area contributed by atoms with E-state index >= 15 is 0 Å². The van der Waals surface area contributed by atoms with Gasteiger partial charge in [-0.05, 0) is 45.6 Å². The van der Waals surface area contributed by atoms with E-state index in [0.717, 1.165) is 31.0 Å². The lowest BCUT2D eigenvalue weighted by Crippen LogP contribution is -2.58. The summed E-state index contributed by atoms with van der Waals surface area (Å²) in [6.45, 7) is 4.34. The van der Waals surface area contributed by atoms with E-state index in [4.69, 9.17) is 4.52 Å². The monoisotopic (exact) mass is 349 g/mol. The van der Waals surface area contributed by atoms with Crippen LogP contribution in [0.4, 0.5) is 0 Å². The maximum Gasteiger partial charge on any atom is 0.255 e. The van der Waals surface area contributed by atoms with Crippen LogP contribution in [-0.2, 0) is 11.3 Å². The molecule has 1 atom stereocenters. The number of likely N-dealkylation sites (tertiary alicyclic amines) is 1. The van der Waals surface area contributed by atoms with Crippen LogP contribution in [0.2, 0.25) is 0 Å². The molecule has 1 saturated heterocycles. The van der Waals surface area contributed by atoms with Gasteiger partial charge in [0, 0.05) is 25.7 Å². The highest BCUT2D eigenvalue weighted by Crippen LogP contribution is 2.29. The summed E-state index contributed by atoms with van der Waals surface area (Å²) in [6, 6.07) is 1.89. The van der Waals surface area contributed by atoms with Crippen LogP contribution in [0.15, 0.2) is 10.6 Å². The zero-order chi connectivity index (χ0) is 17.9. The number of hydrogen-bond donors (Lipinski definition) is 1. The molecule has 1 amide bonds. The maximum atomic E-state index is 12.9. The number of piperidine rings is 1. The Bertz CT molecular complexity index is 582. The van der Waals surface area contributed by atoms with Gasteiger partial charge in [-0.25, -0.2) is 0 Å². The Balaban J connectivity index is 1.57. The van der Waals surface area contributed by atoms with Gasteiger partial charge in [-0.2, -0.15) is 0 Å². The van der Waals surface area contributed by atoms with Crippen LogP contribution < -0.4 is 0 Å². The maximum absolute atomic E-state index is 12.9. The first-order valence-electron chi connectivity index (χ1n) is 9.59. The zero-order valence-electron chi connectivity index (χ0n) is 15.5. The van der Waals surface area contributed by atoms with Crippen molar-refractivity contribution in [1.29, 1.82) is 0 Å². The molecule has 1 saturated carbocycles. The summed E-state index contributed by atoms with van der Waals surface area (Å²) >= 11 is 0. The van der Waals surface area contributed by atoms with Crippen molar-refractivity contribution in [2.75, 3.05) is 26.7 Å². The molecule has 0 radical (unpaired) electrons. The van der Waals surface area contributed by atoms with E-state index in [-0.39, 0.29) is 5.91 Å². The number of carbonyl (C=O) groups is 1. The van der Waals surface area contributed by atoms with Gasteiger partial charge in [0.05, 0.1) is 12.2 Å². The van der Waals surface area contributed by atoms with Crippen molar-refractivity contribution in [3.8, 4) is 0 Å². The number of aliphatic hydroxyl groups is 1. The zero-order valence-corrected chi connectivity index (χ0v) is 15.5. The number of carbonyl (C=O) groups excluding carboxylic acids is 1. The van der Waals surface area contributed by atoms with Gasteiger partial charge in [0.2, 0.25) is 0 Å². The Kier molecular flexibility index (Phi) is 5.79. The molecule has 2 heterocycles. The van der Waals surface area contributed by atoms with Gasteiger partial charge in [0.15, 0.2) is 11.4 Å². The van der Waals surface area contributed by atoms with Crippen LogP contribution in [0.1, 0.15) is 56.4 Å². The molecule has 1 unspecified atom stereocenters. The van der Waals surface area contributed by atoms with Gasteiger partial charge in [0.1, 0.15) is 0 Å². The second-order valence-electron chi connectivity index (χ2n) is 8.00. The lowest BCUT2D eigenvalue weighted by atomic mass is 9.86. The van der Waals surface area contributed by atoms with Crippen molar-refractivity contribution in [1.82, 2.24) is 15.0 Å². The Morgan fingerprint density at radius 3 is 2.80 bits per heavy atom. The van der Waals surface area contributed by atoms with Gasteiger partial charge in [-0.1, -0.05) is 24.4 Å². The fourth-order valence-electron chi connectivity index (χ4n) is 4.33. The predicted molar refractivity (Wildman–Crippen MR) is 94.9 cm³/mol. The molecule has 3 rings (SSSR count). The molecule has 25 heavy (non-hydrogen) atoms. The average molecular weight is 349 g/mol. The highest BCUT2D eigenvalue weighted by molar-refractivity contribution is 5.86. The molecule has 1 aliphatic heterocycles. The molecule has 6 nitrogen and oxygen atoms in total. The first-order chi connectivity index (χ1) is 12.0. The lowest BCUT2D eigenvalue weighted by molar-refractivity contribution is -0.160. The number of nitrogens with zero attached hydrogens (tertiary/aromatic N) is 3. The summed E-state index contributed by atoms with van der Waals surface area (Å²) in [4.78, 5) is 16.8. The molecule has 1 aromatic rings. The van der Waals surface area contributed by atoms with Crippen molar-refractivity contribution in [3.63, 3.8) is 0 Å². The van der Waals surface area contributed by atoms with E-state index in [9.17, 15) is 9.90 Å². The van der Waals surface area contributed by atoms with Crippen molar-refractivity contribution in [2.45, 2.75) is 64.0 Å². The SMILES string of the molecule is Cc1cc(CN(C)CC2(O)CCCN(CC3CCCCC3)C2=O)on1. The van der Waals surface area contributed by atoms with E-state index in [0.29, 0.717) is 25.4 Å². The van der Waals surface area contributed by atoms with Gasteiger partial charge < -0.3 is 14.5 Å². The Hall–Kier alpha value is -1.40. The summed E-state index contributed by atoms with van der Waals surface area (Å²) in [5, 5.41) is 14.9. The summed E-state index contributed by atoms with van der Waals surface area (Å²) in [5.74, 6) is 1.27. The quantitative estimate of drug-likeness (QED) is 0.854. The van der Waals surface area contributed by atoms with E-state index in [1.54, 1.807) is 0 Å². The molecule has 140 valence electrons. The second kappa shape index (κ2) is 7.87. The van der Waals surface area contributed by atoms with Crippen LogP contribution in [0.3, 0.4) is 0 Å². The molecule has 1 aromatic heterocycles. The number of amides is 1. The highest BCUT2D eigenvalue weighted by Gasteiger charge is 2.43. The molecule has 2 fully saturated rings.